The lowest BCUT2D eigenvalue weighted by Crippen LogP contribution is -2.35. The van der Waals surface area contributed by atoms with Crippen LogP contribution in [0.15, 0.2) is 0 Å². The van der Waals surface area contributed by atoms with Crippen LogP contribution in [0.3, 0.4) is 0 Å². The lowest BCUT2D eigenvalue weighted by molar-refractivity contribution is -0.157. The second-order valence-electron chi connectivity index (χ2n) is 1.84. The first kappa shape index (κ1) is 10.1. The Bertz CT molecular complexity index is 157. The van der Waals surface area contributed by atoms with E-state index >= 15 is 0 Å². The van der Waals surface area contributed by atoms with E-state index in [9.17, 15) is 9.59 Å². The molecule has 0 saturated carbocycles. The molecule has 0 heterocycles. The molecular formula is C6H11NO4. The summed E-state index contributed by atoms with van der Waals surface area (Å²) in [7, 11) is 0. The van der Waals surface area contributed by atoms with Crippen molar-refractivity contribution in [2.24, 2.45) is 5.73 Å². The smallest absolute Gasteiger partial charge is 0.377 e. The van der Waals surface area contributed by atoms with Crippen LogP contribution in [-0.4, -0.2) is 36.1 Å². The van der Waals surface area contributed by atoms with Crippen molar-refractivity contribution in [2.75, 3.05) is 13.2 Å². The molecule has 0 rings (SSSR count). The van der Waals surface area contributed by atoms with Gasteiger partial charge in [0.1, 0.15) is 6.10 Å². The van der Waals surface area contributed by atoms with E-state index in [-0.39, 0.29) is 13.2 Å². The van der Waals surface area contributed by atoms with Crippen LogP contribution in [0.5, 0.6) is 0 Å². The first-order valence-electron chi connectivity index (χ1n) is 3.22. The molecule has 5 nitrogen and oxygen atoms in total. The van der Waals surface area contributed by atoms with Crippen LogP contribution in [0, 0.1) is 0 Å². The van der Waals surface area contributed by atoms with E-state index in [1.54, 1.807) is 6.92 Å². The molecule has 1 atom stereocenters. The molecule has 0 saturated heterocycles. The Morgan fingerprint density at radius 2 is 2.18 bits per heavy atom. The van der Waals surface area contributed by atoms with Crippen molar-refractivity contribution in [3.8, 4) is 0 Å². The number of Topliss-reactive ketones (excluding diaryl/α,β-unsaturated/α-hetero) is 1. The molecule has 0 fully saturated rings. The van der Waals surface area contributed by atoms with E-state index in [1.807, 2.05) is 0 Å². The number of carbonyl (C=O) groups is 2. The number of ketones is 1. The highest BCUT2D eigenvalue weighted by Crippen LogP contribution is 1.87. The number of esters is 1. The molecule has 0 aromatic heterocycles. The van der Waals surface area contributed by atoms with E-state index in [4.69, 9.17) is 10.8 Å². The summed E-state index contributed by atoms with van der Waals surface area (Å²) in [5, 5.41) is 8.75. The molecule has 0 bridgehead atoms. The summed E-state index contributed by atoms with van der Waals surface area (Å²) in [5.74, 6) is -2.03. The van der Waals surface area contributed by atoms with E-state index in [0.29, 0.717) is 0 Å². The summed E-state index contributed by atoms with van der Waals surface area (Å²) in [6.07, 6.45) is -1.44. The zero-order valence-electron chi connectivity index (χ0n) is 6.24. The van der Waals surface area contributed by atoms with Crippen LogP contribution in [0.4, 0.5) is 0 Å². The molecule has 0 aliphatic rings. The Kier molecular flexibility index (Phi) is 4.40. The Labute approximate surface area is 64.1 Å². The van der Waals surface area contributed by atoms with Crippen LogP contribution < -0.4 is 5.73 Å². The monoisotopic (exact) mass is 161 g/mol. The van der Waals surface area contributed by atoms with Crippen LogP contribution in [0.25, 0.3) is 0 Å². The Morgan fingerprint density at radius 1 is 1.64 bits per heavy atom. The normalized spacial score (nSPS) is 12.3. The Balaban J connectivity index is 3.92. The van der Waals surface area contributed by atoms with Crippen LogP contribution in [-0.2, 0) is 14.3 Å². The van der Waals surface area contributed by atoms with Gasteiger partial charge >= 0.3 is 5.97 Å². The van der Waals surface area contributed by atoms with Gasteiger partial charge in [0.2, 0.25) is 0 Å². The minimum atomic E-state index is -1.44. The second-order valence-corrected chi connectivity index (χ2v) is 1.84. The topological polar surface area (TPSA) is 89.6 Å². The zero-order chi connectivity index (χ0) is 8.85. The van der Waals surface area contributed by atoms with Gasteiger partial charge in [-0.2, -0.15) is 0 Å². The van der Waals surface area contributed by atoms with Crippen LogP contribution >= 0.6 is 0 Å². The fourth-order valence-corrected chi connectivity index (χ4v) is 0.445. The second kappa shape index (κ2) is 4.81. The average molecular weight is 161 g/mol. The van der Waals surface area contributed by atoms with Crippen LogP contribution in [0.1, 0.15) is 6.92 Å². The molecule has 3 N–H and O–H groups in total. The van der Waals surface area contributed by atoms with Gasteiger partial charge in [-0.05, 0) is 6.92 Å². The number of aliphatic hydroxyl groups is 1. The summed E-state index contributed by atoms with van der Waals surface area (Å²) in [6.45, 7) is 1.42. The predicted octanol–water partition coefficient (Wildman–Crippen LogP) is -1.56. The number of hydrogen-bond acceptors (Lipinski definition) is 5. The van der Waals surface area contributed by atoms with Gasteiger partial charge in [0, 0.05) is 6.54 Å². The van der Waals surface area contributed by atoms with Gasteiger partial charge in [-0.3, -0.25) is 4.79 Å². The van der Waals surface area contributed by atoms with Crippen molar-refractivity contribution in [1.29, 1.82) is 0 Å². The first-order chi connectivity index (χ1) is 5.13. The van der Waals surface area contributed by atoms with Crippen molar-refractivity contribution in [3.63, 3.8) is 0 Å². The standard InChI is InChI=1S/C6H11NO4/c1-2-11-6(10)5(9)4(8)3-7/h4,8H,2-3,7H2,1H3. The minimum Gasteiger partial charge on any atom is -0.460 e. The summed E-state index contributed by atoms with van der Waals surface area (Å²) < 4.78 is 4.32. The van der Waals surface area contributed by atoms with Gasteiger partial charge in [0.05, 0.1) is 6.61 Å². The molecule has 0 aromatic rings. The highest BCUT2D eigenvalue weighted by atomic mass is 16.5. The van der Waals surface area contributed by atoms with Gasteiger partial charge in [-0.25, -0.2) is 4.79 Å². The summed E-state index contributed by atoms with van der Waals surface area (Å²) in [5.41, 5.74) is 4.93. The number of carbonyl (C=O) groups excluding carboxylic acids is 2. The predicted molar refractivity (Wildman–Crippen MR) is 36.7 cm³/mol. The molecule has 1 unspecified atom stereocenters. The van der Waals surface area contributed by atoms with Gasteiger partial charge in [0.25, 0.3) is 5.78 Å². The fraction of sp³-hybridized carbons (Fsp3) is 0.667. The van der Waals surface area contributed by atoms with Gasteiger partial charge in [0.15, 0.2) is 0 Å². The molecule has 11 heavy (non-hydrogen) atoms. The number of nitrogens with two attached hydrogens (primary N) is 1. The molecule has 64 valence electrons. The molecule has 0 aromatic carbocycles. The summed E-state index contributed by atoms with van der Waals surface area (Å²) >= 11 is 0. The maximum absolute atomic E-state index is 10.7. The van der Waals surface area contributed by atoms with Crippen molar-refractivity contribution in [2.45, 2.75) is 13.0 Å². The van der Waals surface area contributed by atoms with Crippen molar-refractivity contribution < 1.29 is 19.4 Å². The highest BCUT2D eigenvalue weighted by molar-refractivity contribution is 6.35. The van der Waals surface area contributed by atoms with Crippen molar-refractivity contribution in [1.82, 2.24) is 0 Å². The molecular weight excluding hydrogens is 150 g/mol. The molecule has 0 aliphatic carbocycles. The van der Waals surface area contributed by atoms with Crippen molar-refractivity contribution in [3.05, 3.63) is 0 Å². The quantitative estimate of drug-likeness (QED) is 0.384. The molecule has 0 aliphatic heterocycles. The maximum Gasteiger partial charge on any atom is 0.377 e. The van der Waals surface area contributed by atoms with E-state index in [1.165, 1.54) is 0 Å². The van der Waals surface area contributed by atoms with Gasteiger partial charge in [-0.1, -0.05) is 0 Å². The molecule has 5 heteroatoms. The third-order valence-corrected chi connectivity index (χ3v) is 1.00. The van der Waals surface area contributed by atoms with Crippen LogP contribution in [0.2, 0.25) is 0 Å². The Morgan fingerprint density at radius 3 is 2.55 bits per heavy atom. The third kappa shape index (κ3) is 3.10. The summed E-state index contributed by atoms with van der Waals surface area (Å²) in [6, 6.07) is 0. The Hall–Kier alpha value is -0.940. The first-order valence-corrected chi connectivity index (χ1v) is 3.22. The number of hydrogen-bond donors (Lipinski definition) is 2. The van der Waals surface area contributed by atoms with Crippen molar-refractivity contribution >= 4 is 11.8 Å². The van der Waals surface area contributed by atoms with E-state index in [2.05, 4.69) is 4.74 Å². The summed E-state index contributed by atoms with van der Waals surface area (Å²) in [4.78, 5) is 21.2. The third-order valence-electron chi connectivity index (χ3n) is 1.00. The molecule has 0 amide bonds. The van der Waals surface area contributed by atoms with Gasteiger partial charge in [-0.15, -0.1) is 0 Å². The highest BCUT2D eigenvalue weighted by Gasteiger charge is 2.22. The minimum absolute atomic E-state index is 0.113. The fourth-order valence-electron chi connectivity index (χ4n) is 0.445. The van der Waals surface area contributed by atoms with Gasteiger partial charge < -0.3 is 15.6 Å². The van der Waals surface area contributed by atoms with E-state index < -0.39 is 17.9 Å². The molecule has 0 spiro atoms. The average Bonchev–Trinajstić information content (AvgIpc) is 2.02. The number of ether oxygens (including phenoxy) is 1. The lowest BCUT2D eigenvalue weighted by atomic mass is 10.2. The SMILES string of the molecule is CCOC(=O)C(=O)C(O)CN. The number of aliphatic hydroxyl groups excluding tert-OH is 1. The van der Waals surface area contributed by atoms with E-state index in [0.717, 1.165) is 0 Å². The zero-order valence-corrected chi connectivity index (χ0v) is 6.24. The lowest BCUT2D eigenvalue weighted by Gasteiger charge is -2.04. The molecule has 0 radical (unpaired) electrons. The number of rotatable bonds is 4. The largest absolute Gasteiger partial charge is 0.460 e. The maximum atomic E-state index is 10.7.